The summed E-state index contributed by atoms with van der Waals surface area (Å²) < 4.78 is 0. The summed E-state index contributed by atoms with van der Waals surface area (Å²) in [5, 5.41) is 3.69. The number of urea groups is 1. The summed E-state index contributed by atoms with van der Waals surface area (Å²) in [5.74, 6) is -0.737. The molecule has 0 bridgehead atoms. The monoisotopic (exact) mass is 247 g/mol. The van der Waals surface area contributed by atoms with Crippen LogP contribution in [-0.2, 0) is 9.59 Å². The molecule has 0 aromatic carbocycles. The number of halogens is 1. The van der Waals surface area contributed by atoms with Crippen LogP contribution in [-0.4, -0.2) is 47.8 Å². The molecule has 2 N–H and O–H groups in total. The van der Waals surface area contributed by atoms with E-state index in [0.29, 0.717) is 13.0 Å². The number of imide groups is 1. The number of carbonyl (C=O) groups excluding carboxylic acids is 3. The minimum absolute atomic E-state index is 0.151. The maximum Gasteiger partial charge on any atom is 0.322 e. The minimum Gasteiger partial charge on any atom is -0.344 e. The zero-order chi connectivity index (χ0) is 12.3. The standard InChI is InChI=1S/C9H14ClN3O3/c1-5(10)7(14)12-9(16)11-6-3-4-13(2)8(6)15/h5-6H,3-4H2,1-2H3,(H2,11,12,14,16). The van der Waals surface area contributed by atoms with E-state index in [2.05, 4.69) is 5.32 Å². The Morgan fingerprint density at radius 2 is 2.19 bits per heavy atom. The molecule has 6 nitrogen and oxygen atoms in total. The van der Waals surface area contributed by atoms with Crippen molar-refractivity contribution < 1.29 is 14.4 Å². The zero-order valence-corrected chi connectivity index (χ0v) is 9.87. The normalized spacial score (nSPS) is 21.8. The van der Waals surface area contributed by atoms with Gasteiger partial charge in [-0.1, -0.05) is 0 Å². The number of hydrogen-bond donors (Lipinski definition) is 2. The van der Waals surface area contributed by atoms with Crippen molar-refractivity contribution in [1.82, 2.24) is 15.5 Å². The summed E-state index contributed by atoms with van der Waals surface area (Å²) in [6.45, 7) is 2.06. The second kappa shape index (κ2) is 5.16. The summed E-state index contributed by atoms with van der Waals surface area (Å²) in [7, 11) is 1.66. The lowest BCUT2D eigenvalue weighted by Crippen LogP contribution is -2.48. The highest BCUT2D eigenvalue weighted by molar-refractivity contribution is 6.31. The average Bonchev–Trinajstić information content (AvgIpc) is 2.49. The van der Waals surface area contributed by atoms with Crippen LogP contribution in [0.25, 0.3) is 0 Å². The van der Waals surface area contributed by atoms with Crippen LogP contribution in [0.3, 0.4) is 0 Å². The lowest BCUT2D eigenvalue weighted by molar-refractivity contribution is -0.128. The minimum atomic E-state index is -0.785. The highest BCUT2D eigenvalue weighted by Crippen LogP contribution is 2.07. The topological polar surface area (TPSA) is 78.5 Å². The van der Waals surface area contributed by atoms with Crippen LogP contribution in [0.15, 0.2) is 0 Å². The molecule has 0 aromatic heterocycles. The van der Waals surface area contributed by atoms with E-state index >= 15 is 0 Å². The Morgan fingerprint density at radius 1 is 1.56 bits per heavy atom. The maximum atomic E-state index is 11.4. The Labute approximate surface area is 98.3 Å². The first-order chi connectivity index (χ1) is 7.41. The molecule has 4 amide bonds. The molecule has 2 unspecified atom stereocenters. The highest BCUT2D eigenvalue weighted by atomic mass is 35.5. The summed E-state index contributed by atoms with van der Waals surface area (Å²) in [4.78, 5) is 35.3. The van der Waals surface area contributed by atoms with Crippen LogP contribution >= 0.6 is 11.6 Å². The predicted octanol–water partition coefficient (Wildman–Crippen LogP) is -0.330. The molecule has 0 aromatic rings. The van der Waals surface area contributed by atoms with Gasteiger partial charge in [0, 0.05) is 13.6 Å². The molecule has 1 aliphatic heterocycles. The second-order valence-corrected chi connectivity index (χ2v) is 4.33. The van der Waals surface area contributed by atoms with Crippen molar-refractivity contribution in [3.63, 3.8) is 0 Å². The molecule has 0 spiro atoms. The third kappa shape index (κ3) is 3.10. The van der Waals surface area contributed by atoms with Crippen LogP contribution in [0, 0.1) is 0 Å². The largest absolute Gasteiger partial charge is 0.344 e. The highest BCUT2D eigenvalue weighted by Gasteiger charge is 2.30. The van der Waals surface area contributed by atoms with Gasteiger partial charge in [0.2, 0.25) is 11.8 Å². The average molecular weight is 248 g/mol. The smallest absolute Gasteiger partial charge is 0.322 e. The van der Waals surface area contributed by atoms with Crippen molar-refractivity contribution in [1.29, 1.82) is 0 Å². The molecule has 1 aliphatic rings. The molecule has 16 heavy (non-hydrogen) atoms. The van der Waals surface area contributed by atoms with Crippen LogP contribution in [0.5, 0.6) is 0 Å². The van der Waals surface area contributed by atoms with E-state index in [9.17, 15) is 14.4 Å². The van der Waals surface area contributed by atoms with Crippen molar-refractivity contribution in [2.24, 2.45) is 0 Å². The van der Waals surface area contributed by atoms with Crippen LogP contribution in [0.1, 0.15) is 13.3 Å². The van der Waals surface area contributed by atoms with E-state index in [1.807, 2.05) is 5.32 Å². The SMILES string of the molecule is CC(Cl)C(=O)NC(=O)NC1CCN(C)C1=O. The first-order valence-corrected chi connectivity index (χ1v) is 5.36. The van der Waals surface area contributed by atoms with Crippen molar-refractivity contribution in [2.75, 3.05) is 13.6 Å². The van der Waals surface area contributed by atoms with E-state index in [4.69, 9.17) is 11.6 Å². The molecular weight excluding hydrogens is 234 g/mol. The third-order valence-corrected chi connectivity index (χ3v) is 2.53. The Balaban J connectivity index is 2.41. The fraction of sp³-hybridized carbons (Fsp3) is 0.667. The third-order valence-electron chi connectivity index (χ3n) is 2.33. The zero-order valence-electron chi connectivity index (χ0n) is 9.12. The van der Waals surface area contributed by atoms with Crippen LogP contribution < -0.4 is 10.6 Å². The van der Waals surface area contributed by atoms with Gasteiger partial charge in [-0.05, 0) is 13.3 Å². The maximum absolute atomic E-state index is 11.4. The molecule has 2 atom stereocenters. The van der Waals surface area contributed by atoms with Gasteiger partial charge in [-0.15, -0.1) is 11.6 Å². The number of hydrogen-bond acceptors (Lipinski definition) is 3. The van der Waals surface area contributed by atoms with Gasteiger partial charge in [-0.2, -0.15) is 0 Å². The van der Waals surface area contributed by atoms with Crippen molar-refractivity contribution in [3.05, 3.63) is 0 Å². The van der Waals surface area contributed by atoms with Gasteiger partial charge in [0.05, 0.1) is 0 Å². The summed E-state index contributed by atoms with van der Waals surface area (Å²) in [6, 6.07) is -1.24. The summed E-state index contributed by atoms with van der Waals surface area (Å²) >= 11 is 5.47. The summed E-state index contributed by atoms with van der Waals surface area (Å²) in [5.41, 5.74) is 0. The van der Waals surface area contributed by atoms with E-state index in [1.165, 1.54) is 11.8 Å². The quantitative estimate of drug-likeness (QED) is 0.656. The lowest BCUT2D eigenvalue weighted by atomic mass is 10.2. The van der Waals surface area contributed by atoms with Crippen LogP contribution in [0.2, 0.25) is 0 Å². The molecule has 1 heterocycles. The van der Waals surface area contributed by atoms with Gasteiger partial charge < -0.3 is 10.2 Å². The number of nitrogens with one attached hydrogen (secondary N) is 2. The van der Waals surface area contributed by atoms with E-state index < -0.39 is 23.4 Å². The lowest BCUT2D eigenvalue weighted by Gasteiger charge is -2.12. The molecule has 90 valence electrons. The Kier molecular flexibility index (Phi) is 4.12. The number of rotatable bonds is 2. The van der Waals surface area contributed by atoms with Gasteiger partial charge in [-0.3, -0.25) is 14.9 Å². The van der Waals surface area contributed by atoms with E-state index in [-0.39, 0.29) is 5.91 Å². The van der Waals surface area contributed by atoms with E-state index in [0.717, 1.165) is 0 Å². The number of alkyl halides is 1. The van der Waals surface area contributed by atoms with Gasteiger partial charge >= 0.3 is 6.03 Å². The van der Waals surface area contributed by atoms with Gasteiger partial charge in [0.15, 0.2) is 0 Å². The van der Waals surface area contributed by atoms with Crippen LogP contribution in [0.4, 0.5) is 4.79 Å². The predicted molar refractivity (Wildman–Crippen MR) is 58.0 cm³/mol. The molecule has 1 saturated heterocycles. The molecule has 1 fully saturated rings. The number of nitrogens with zero attached hydrogens (tertiary/aromatic N) is 1. The first kappa shape index (κ1) is 12.8. The molecule has 1 rings (SSSR count). The summed E-state index contributed by atoms with van der Waals surface area (Å²) in [6.07, 6.45) is 0.549. The number of carbonyl (C=O) groups is 3. The molecule has 0 aliphatic carbocycles. The molecule has 0 saturated carbocycles. The van der Waals surface area contributed by atoms with Crippen molar-refractivity contribution >= 4 is 29.4 Å². The molecule has 0 radical (unpaired) electrons. The molecular formula is C9H14ClN3O3. The van der Waals surface area contributed by atoms with Crippen molar-refractivity contribution in [2.45, 2.75) is 24.8 Å². The fourth-order valence-electron chi connectivity index (χ4n) is 1.36. The second-order valence-electron chi connectivity index (χ2n) is 3.68. The van der Waals surface area contributed by atoms with Gasteiger partial charge in [-0.25, -0.2) is 4.79 Å². The number of likely N-dealkylation sites (tertiary alicyclic amines) is 1. The Hall–Kier alpha value is -1.30. The first-order valence-electron chi connectivity index (χ1n) is 4.92. The van der Waals surface area contributed by atoms with Gasteiger partial charge in [0.1, 0.15) is 11.4 Å². The fourth-order valence-corrected chi connectivity index (χ4v) is 1.42. The van der Waals surface area contributed by atoms with E-state index in [1.54, 1.807) is 7.05 Å². The molecule has 7 heteroatoms. The Bertz CT molecular complexity index is 319. The van der Waals surface area contributed by atoms with Gasteiger partial charge in [0.25, 0.3) is 0 Å². The van der Waals surface area contributed by atoms with Crippen molar-refractivity contribution in [3.8, 4) is 0 Å². The number of likely N-dealkylation sites (N-methyl/N-ethyl adjacent to an activating group) is 1. The number of amides is 4. The Morgan fingerprint density at radius 3 is 2.62 bits per heavy atom.